The highest BCUT2D eigenvalue weighted by molar-refractivity contribution is 5.87. The maximum Gasteiger partial charge on any atom is 0.326 e. The van der Waals surface area contributed by atoms with Gasteiger partial charge in [-0.1, -0.05) is 6.07 Å². The van der Waals surface area contributed by atoms with Crippen LogP contribution in [0.25, 0.3) is 0 Å². The van der Waals surface area contributed by atoms with E-state index in [0.29, 0.717) is 31.0 Å². The first-order valence-corrected chi connectivity index (χ1v) is 10.7. The van der Waals surface area contributed by atoms with Crippen LogP contribution in [0.3, 0.4) is 0 Å². The Labute approximate surface area is 183 Å². The molecule has 1 aromatic rings. The van der Waals surface area contributed by atoms with Gasteiger partial charge in [0.15, 0.2) is 5.96 Å². The first kappa shape index (κ1) is 22.9. The molecule has 1 amide bonds. The van der Waals surface area contributed by atoms with Gasteiger partial charge in [0.1, 0.15) is 17.9 Å². The highest BCUT2D eigenvalue weighted by atomic mass is 16.6. The number of carbonyl (C=O) groups is 2. The average molecular weight is 432 g/mol. The van der Waals surface area contributed by atoms with E-state index in [1.54, 1.807) is 4.90 Å². The number of fused-ring (bicyclic) bond motifs is 1. The highest BCUT2D eigenvalue weighted by Crippen LogP contribution is 2.30. The Morgan fingerprint density at radius 3 is 2.58 bits per heavy atom. The molecule has 2 aliphatic heterocycles. The van der Waals surface area contributed by atoms with Crippen LogP contribution in [0.4, 0.5) is 5.69 Å². The molecule has 0 bridgehead atoms. The second-order valence-corrected chi connectivity index (χ2v) is 9.00. The van der Waals surface area contributed by atoms with Gasteiger partial charge in [-0.2, -0.15) is 0 Å². The molecule has 1 unspecified atom stereocenters. The fraction of sp³-hybridized carbons (Fsp3) is 0.591. The minimum Gasteiger partial charge on any atom is -0.493 e. The Morgan fingerprint density at radius 1 is 1.23 bits per heavy atom. The van der Waals surface area contributed by atoms with Crippen LogP contribution in [-0.4, -0.2) is 65.5 Å². The molecule has 170 valence electrons. The second-order valence-electron chi connectivity index (χ2n) is 9.00. The molecule has 2 aliphatic rings. The SMILES string of the molecule is CC(C)(C)OC(=O)CN1Cc2ccc(OCCC(C(N)=O)N3CCCC3)cc2N=C1N. The number of nitrogens with zero attached hydrogens (tertiary/aromatic N) is 3. The molecule has 2 heterocycles. The molecule has 0 aromatic heterocycles. The van der Waals surface area contributed by atoms with Crippen LogP contribution in [0.1, 0.15) is 45.6 Å². The van der Waals surface area contributed by atoms with Crippen LogP contribution in [0.5, 0.6) is 5.75 Å². The number of aliphatic imine (C=N–C) groups is 1. The summed E-state index contributed by atoms with van der Waals surface area (Å²) in [6.07, 6.45) is 2.74. The lowest BCUT2D eigenvalue weighted by atomic mass is 10.1. The van der Waals surface area contributed by atoms with Gasteiger partial charge >= 0.3 is 5.97 Å². The Hall–Kier alpha value is -2.81. The van der Waals surface area contributed by atoms with Gasteiger partial charge in [0.25, 0.3) is 0 Å². The lowest BCUT2D eigenvalue weighted by molar-refractivity contribution is -0.155. The zero-order valence-corrected chi connectivity index (χ0v) is 18.6. The molecule has 0 aliphatic carbocycles. The van der Waals surface area contributed by atoms with E-state index in [9.17, 15) is 9.59 Å². The third kappa shape index (κ3) is 6.33. The van der Waals surface area contributed by atoms with E-state index in [1.165, 1.54) is 0 Å². The molecule has 0 radical (unpaired) electrons. The van der Waals surface area contributed by atoms with Crippen molar-refractivity contribution in [3.63, 3.8) is 0 Å². The number of rotatable bonds is 8. The van der Waals surface area contributed by atoms with Gasteiger partial charge in [-0.15, -0.1) is 0 Å². The fourth-order valence-electron chi connectivity index (χ4n) is 3.86. The van der Waals surface area contributed by atoms with Gasteiger partial charge in [0, 0.05) is 19.0 Å². The number of guanidine groups is 1. The van der Waals surface area contributed by atoms with Gasteiger partial charge in [-0.25, -0.2) is 4.99 Å². The van der Waals surface area contributed by atoms with E-state index in [4.69, 9.17) is 20.9 Å². The number of ether oxygens (including phenoxy) is 2. The van der Waals surface area contributed by atoms with Crippen LogP contribution in [0.15, 0.2) is 23.2 Å². The molecule has 0 spiro atoms. The zero-order chi connectivity index (χ0) is 22.6. The predicted octanol–water partition coefficient (Wildman–Crippen LogP) is 1.51. The molecule has 9 nitrogen and oxygen atoms in total. The predicted molar refractivity (Wildman–Crippen MR) is 118 cm³/mol. The van der Waals surface area contributed by atoms with E-state index in [0.717, 1.165) is 31.5 Å². The number of nitrogens with two attached hydrogens (primary N) is 2. The summed E-state index contributed by atoms with van der Waals surface area (Å²) < 4.78 is 11.2. The molecule has 3 rings (SSSR count). The standard InChI is InChI=1S/C22H33N5O4/c1-22(2,3)31-19(28)14-27-13-15-6-7-16(12-17(15)25-21(27)24)30-11-8-18(20(23)29)26-9-4-5-10-26/h6-7,12,18H,4-5,8-11,13-14H2,1-3H3,(H2,23,29)(H2,24,25). The maximum absolute atomic E-state index is 12.1. The van der Waals surface area contributed by atoms with Crippen molar-refractivity contribution < 1.29 is 19.1 Å². The highest BCUT2D eigenvalue weighted by Gasteiger charge is 2.27. The third-order valence-electron chi connectivity index (χ3n) is 5.29. The van der Waals surface area contributed by atoms with E-state index in [1.807, 2.05) is 39.0 Å². The number of hydrogen-bond acceptors (Lipinski definition) is 8. The normalized spacial score (nSPS) is 17.6. The molecule has 9 heteroatoms. The number of esters is 1. The molecular weight excluding hydrogens is 398 g/mol. The molecule has 0 saturated carbocycles. The van der Waals surface area contributed by atoms with Gasteiger partial charge in [0.2, 0.25) is 5.91 Å². The third-order valence-corrected chi connectivity index (χ3v) is 5.29. The first-order valence-electron chi connectivity index (χ1n) is 10.7. The van der Waals surface area contributed by atoms with Crippen LogP contribution in [0.2, 0.25) is 0 Å². The second kappa shape index (κ2) is 9.55. The summed E-state index contributed by atoms with van der Waals surface area (Å²) in [7, 11) is 0. The minimum atomic E-state index is -0.550. The molecule has 1 fully saturated rings. The van der Waals surface area contributed by atoms with Crippen molar-refractivity contribution in [1.29, 1.82) is 0 Å². The number of hydrogen-bond donors (Lipinski definition) is 2. The summed E-state index contributed by atoms with van der Waals surface area (Å²) in [5, 5.41) is 0. The average Bonchev–Trinajstić information content (AvgIpc) is 3.18. The van der Waals surface area contributed by atoms with Crippen molar-refractivity contribution >= 4 is 23.5 Å². The van der Waals surface area contributed by atoms with Crippen LogP contribution in [-0.2, 0) is 20.9 Å². The van der Waals surface area contributed by atoms with Gasteiger partial charge in [-0.3, -0.25) is 14.5 Å². The van der Waals surface area contributed by atoms with Crippen LogP contribution < -0.4 is 16.2 Å². The molecule has 1 aromatic carbocycles. The summed E-state index contributed by atoms with van der Waals surface area (Å²) in [5.41, 5.74) is 12.7. The van der Waals surface area contributed by atoms with Crippen molar-refractivity contribution in [2.24, 2.45) is 16.5 Å². The Kier molecular flexibility index (Phi) is 7.04. The topological polar surface area (TPSA) is 123 Å². The lowest BCUT2D eigenvalue weighted by Crippen LogP contribution is -2.44. The summed E-state index contributed by atoms with van der Waals surface area (Å²) in [6.45, 7) is 8.16. The van der Waals surface area contributed by atoms with E-state index < -0.39 is 5.60 Å². The Bertz CT molecular complexity index is 843. The van der Waals surface area contributed by atoms with Crippen LogP contribution >= 0.6 is 0 Å². The van der Waals surface area contributed by atoms with Gasteiger partial charge in [-0.05, 0) is 58.3 Å². The van der Waals surface area contributed by atoms with Crippen molar-refractivity contribution in [2.45, 2.75) is 58.2 Å². The van der Waals surface area contributed by atoms with Crippen molar-refractivity contribution in [3.05, 3.63) is 23.8 Å². The molecule has 1 atom stereocenters. The fourth-order valence-corrected chi connectivity index (χ4v) is 3.86. The van der Waals surface area contributed by atoms with Gasteiger partial charge in [0.05, 0.1) is 18.3 Å². The van der Waals surface area contributed by atoms with E-state index in [2.05, 4.69) is 9.89 Å². The van der Waals surface area contributed by atoms with Crippen molar-refractivity contribution in [3.8, 4) is 5.75 Å². The summed E-state index contributed by atoms with van der Waals surface area (Å²) in [6, 6.07) is 5.29. The van der Waals surface area contributed by atoms with Gasteiger partial charge < -0.3 is 25.8 Å². The molecule has 1 saturated heterocycles. The summed E-state index contributed by atoms with van der Waals surface area (Å²) in [5.74, 6) is 0.258. The summed E-state index contributed by atoms with van der Waals surface area (Å²) in [4.78, 5) is 32.2. The van der Waals surface area contributed by atoms with Crippen LogP contribution in [0, 0.1) is 0 Å². The Balaban J connectivity index is 1.57. The number of benzene rings is 1. The molecule has 31 heavy (non-hydrogen) atoms. The number of amides is 1. The Morgan fingerprint density at radius 2 is 1.94 bits per heavy atom. The number of carbonyl (C=O) groups excluding carboxylic acids is 2. The minimum absolute atomic E-state index is 0.0370. The number of primary amides is 1. The van der Waals surface area contributed by atoms with E-state index in [-0.39, 0.29) is 30.4 Å². The summed E-state index contributed by atoms with van der Waals surface area (Å²) >= 11 is 0. The molecular formula is C22H33N5O4. The largest absolute Gasteiger partial charge is 0.493 e. The smallest absolute Gasteiger partial charge is 0.326 e. The van der Waals surface area contributed by atoms with E-state index >= 15 is 0 Å². The maximum atomic E-state index is 12.1. The monoisotopic (exact) mass is 431 g/mol. The lowest BCUT2D eigenvalue weighted by Gasteiger charge is -2.29. The molecule has 4 N–H and O–H groups in total. The van der Waals surface area contributed by atoms with Crippen molar-refractivity contribution in [2.75, 3.05) is 26.2 Å². The quantitative estimate of drug-likeness (QED) is 0.598. The number of likely N-dealkylation sites (tertiary alicyclic amines) is 1. The zero-order valence-electron chi connectivity index (χ0n) is 18.6. The first-order chi connectivity index (χ1) is 14.6. The van der Waals surface area contributed by atoms with Crippen molar-refractivity contribution in [1.82, 2.24) is 9.80 Å².